The summed E-state index contributed by atoms with van der Waals surface area (Å²) >= 11 is 0. The van der Waals surface area contributed by atoms with E-state index >= 15 is 0 Å². The van der Waals surface area contributed by atoms with Crippen molar-refractivity contribution >= 4 is 0 Å². The van der Waals surface area contributed by atoms with E-state index in [-0.39, 0.29) is 0 Å². The first kappa shape index (κ1) is 9.83. The maximum Gasteiger partial charge on any atom is -0.0208 e. The molecule has 1 aliphatic rings. The highest BCUT2D eigenvalue weighted by Gasteiger charge is 2.12. The van der Waals surface area contributed by atoms with E-state index in [0.29, 0.717) is 0 Å². The zero-order valence-electron chi connectivity index (χ0n) is 8.26. The van der Waals surface area contributed by atoms with Crippen LogP contribution in [-0.2, 0) is 0 Å². The Kier molecular flexibility index (Phi) is 4.42. The lowest BCUT2D eigenvalue weighted by Crippen LogP contribution is -2.09. The Hall–Kier alpha value is -0.260. The lowest BCUT2D eigenvalue weighted by molar-refractivity contribution is 0.385. The van der Waals surface area contributed by atoms with E-state index in [1.54, 1.807) is 0 Å². The fourth-order valence-electron chi connectivity index (χ4n) is 1.87. The average Bonchev–Trinajstić information content (AvgIpc) is 2.02. The summed E-state index contributed by atoms with van der Waals surface area (Å²) in [6.07, 6.45) is 12.8. The molecular formula is C12H21. The van der Waals surface area contributed by atoms with E-state index in [1.165, 1.54) is 32.1 Å². The molecule has 0 bridgehead atoms. The lowest BCUT2D eigenvalue weighted by atomic mass is 9.85. The average molecular weight is 165 g/mol. The fourth-order valence-corrected chi connectivity index (χ4v) is 1.87. The molecule has 0 fully saturated rings. The Balaban J connectivity index is 2.43. The summed E-state index contributed by atoms with van der Waals surface area (Å²) < 4.78 is 0. The van der Waals surface area contributed by atoms with Crippen molar-refractivity contribution in [3.05, 3.63) is 19.1 Å². The smallest absolute Gasteiger partial charge is 0.0208 e. The van der Waals surface area contributed by atoms with Gasteiger partial charge in [0.05, 0.1) is 0 Å². The van der Waals surface area contributed by atoms with Crippen molar-refractivity contribution in [3.8, 4) is 0 Å². The summed E-state index contributed by atoms with van der Waals surface area (Å²) in [5, 5.41) is 0. The standard InChI is InChI=1S/C12H21/c1-3-11(2)12-9-7-5-4-6-8-10-12/h7,9,11-12H,1,3-6,8,10H2,2H3. The van der Waals surface area contributed by atoms with Gasteiger partial charge in [-0.25, -0.2) is 0 Å². The summed E-state index contributed by atoms with van der Waals surface area (Å²) in [5.41, 5.74) is 0. The molecule has 0 saturated carbocycles. The summed E-state index contributed by atoms with van der Waals surface area (Å²) in [6.45, 7) is 6.30. The minimum absolute atomic E-state index is 0.777. The Morgan fingerprint density at radius 3 is 3.00 bits per heavy atom. The van der Waals surface area contributed by atoms with Gasteiger partial charge in [0.2, 0.25) is 0 Å². The van der Waals surface area contributed by atoms with Gasteiger partial charge in [-0.15, -0.1) is 0 Å². The molecule has 1 radical (unpaired) electrons. The van der Waals surface area contributed by atoms with Gasteiger partial charge in [0.15, 0.2) is 0 Å². The van der Waals surface area contributed by atoms with Crippen LogP contribution in [0.2, 0.25) is 0 Å². The molecule has 0 heteroatoms. The summed E-state index contributed by atoms with van der Waals surface area (Å²) in [4.78, 5) is 0. The molecule has 0 amide bonds. The maximum atomic E-state index is 3.98. The molecule has 0 saturated heterocycles. The SMILES string of the molecule is [CH2]CC(C)C1C=CCCCCC1. The zero-order chi connectivity index (χ0) is 8.81. The van der Waals surface area contributed by atoms with Gasteiger partial charge in [-0.1, -0.05) is 45.3 Å². The summed E-state index contributed by atoms with van der Waals surface area (Å²) in [7, 11) is 0. The first-order valence-electron chi connectivity index (χ1n) is 5.30. The molecule has 1 aliphatic carbocycles. The molecule has 0 aliphatic heterocycles. The molecule has 0 aromatic rings. The molecule has 0 aromatic heterocycles. The quantitative estimate of drug-likeness (QED) is 0.543. The van der Waals surface area contributed by atoms with Gasteiger partial charge in [0, 0.05) is 0 Å². The number of allylic oxidation sites excluding steroid dienone is 2. The van der Waals surface area contributed by atoms with Gasteiger partial charge in [-0.05, 0) is 31.1 Å². The first-order valence-corrected chi connectivity index (χ1v) is 5.30. The van der Waals surface area contributed by atoms with Crippen molar-refractivity contribution in [2.75, 3.05) is 0 Å². The highest BCUT2D eigenvalue weighted by molar-refractivity contribution is 4.92. The second-order valence-corrected chi connectivity index (χ2v) is 4.00. The predicted octanol–water partition coefficient (Wildman–Crippen LogP) is 3.98. The minimum Gasteiger partial charge on any atom is -0.0882 e. The van der Waals surface area contributed by atoms with E-state index < -0.39 is 0 Å². The third-order valence-corrected chi connectivity index (χ3v) is 2.98. The van der Waals surface area contributed by atoms with Crippen molar-refractivity contribution in [3.63, 3.8) is 0 Å². The van der Waals surface area contributed by atoms with Gasteiger partial charge in [0.25, 0.3) is 0 Å². The summed E-state index contributed by atoms with van der Waals surface area (Å²) in [5.74, 6) is 1.59. The molecule has 1 rings (SSSR count). The molecule has 2 unspecified atom stereocenters. The first-order chi connectivity index (χ1) is 5.84. The maximum absolute atomic E-state index is 3.98. The van der Waals surface area contributed by atoms with Crippen LogP contribution in [0.3, 0.4) is 0 Å². The lowest BCUT2D eigenvalue weighted by Gasteiger charge is -2.20. The molecule has 0 spiro atoms. The molecule has 0 heterocycles. The van der Waals surface area contributed by atoms with Gasteiger partial charge >= 0.3 is 0 Å². The van der Waals surface area contributed by atoms with Crippen LogP contribution in [0.4, 0.5) is 0 Å². The highest BCUT2D eigenvalue weighted by Crippen LogP contribution is 2.25. The zero-order valence-corrected chi connectivity index (χ0v) is 8.26. The predicted molar refractivity (Wildman–Crippen MR) is 54.9 cm³/mol. The Labute approximate surface area is 77.1 Å². The monoisotopic (exact) mass is 165 g/mol. The van der Waals surface area contributed by atoms with Crippen LogP contribution in [0.15, 0.2) is 12.2 Å². The fraction of sp³-hybridized carbons (Fsp3) is 0.750. The van der Waals surface area contributed by atoms with Gasteiger partial charge in [-0.3, -0.25) is 0 Å². The third-order valence-electron chi connectivity index (χ3n) is 2.98. The van der Waals surface area contributed by atoms with E-state index in [1.807, 2.05) is 0 Å². The number of hydrogen-bond donors (Lipinski definition) is 0. The molecule has 2 atom stereocenters. The van der Waals surface area contributed by atoms with E-state index in [0.717, 1.165) is 18.3 Å². The van der Waals surface area contributed by atoms with Gasteiger partial charge < -0.3 is 0 Å². The minimum atomic E-state index is 0.777. The molecule has 0 nitrogen and oxygen atoms in total. The van der Waals surface area contributed by atoms with Crippen molar-refractivity contribution in [1.82, 2.24) is 0 Å². The second kappa shape index (κ2) is 5.40. The molecule has 0 aromatic carbocycles. The van der Waals surface area contributed by atoms with Crippen LogP contribution in [-0.4, -0.2) is 0 Å². The second-order valence-electron chi connectivity index (χ2n) is 4.00. The van der Waals surface area contributed by atoms with Crippen molar-refractivity contribution in [2.45, 2.75) is 45.4 Å². The van der Waals surface area contributed by atoms with E-state index in [9.17, 15) is 0 Å². The van der Waals surface area contributed by atoms with Crippen LogP contribution >= 0.6 is 0 Å². The van der Waals surface area contributed by atoms with E-state index in [2.05, 4.69) is 26.0 Å². The van der Waals surface area contributed by atoms with Crippen LogP contribution in [0.5, 0.6) is 0 Å². The van der Waals surface area contributed by atoms with Crippen LogP contribution < -0.4 is 0 Å². The van der Waals surface area contributed by atoms with Gasteiger partial charge in [-0.2, -0.15) is 0 Å². The summed E-state index contributed by atoms with van der Waals surface area (Å²) in [6, 6.07) is 0. The number of hydrogen-bond acceptors (Lipinski definition) is 0. The largest absolute Gasteiger partial charge is 0.0882 e. The molecule has 0 N–H and O–H groups in total. The van der Waals surface area contributed by atoms with Gasteiger partial charge in [0.1, 0.15) is 0 Å². The third kappa shape index (κ3) is 3.00. The molecule has 69 valence electrons. The van der Waals surface area contributed by atoms with Crippen molar-refractivity contribution < 1.29 is 0 Å². The van der Waals surface area contributed by atoms with Crippen LogP contribution in [0, 0.1) is 18.8 Å². The Morgan fingerprint density at radius 2 is 2.25 bits per heavy atom. The Bertz CT molecular complexity index is 135. The number of rotatable bonds is 2. The van der Waals surface area contributed by atoms with E-state index in [4.69, 9.17) is 0 Å². The molecule has 12 heavy (non-hydrogen) atoms. The topological polar surface area (TPSA) is 0 Å². The van der Waals surface area contributed by atoms with Crippen molar-refractivity contribution in [2.24, 2.45) is 11.8 Å². The molecular weight excluding hydrogens is 144 g/mol. The van der Waals surface area contributed by atoms with Crippen LogP contribution in [0.25, 0.3) is 0 Å². The normalized spacial score (nSPS) is 27.7. The van der Waals surface area contributed by atoms with Crippen molar-refractivity contribution in [1.29, 1.82) is 0 Å². The Morgan fingerprint density at radius 1 is 1.42 bits per heavy atom. The van der Waals surface area contributed by atoms with Crippen LogP contribution in [0.1, 0.15) is 45.4 Å². The highest BCUT2D eigenvalue weighted by atomic mass is 14.2.